The molecule has 0 aromatic carbocycles. The minimum absolute atomic E-state index is 0.0351. The summed E-state index contributed by atoms with van der Waals surface area (Å²) in [5.74, 6) is 0.968. The summed E-state index contributed by atoms with van der Waals surface area (Å²) in [5, 5.41) is 7.64. The average molecular weight is 276 g/mol. The third-order valence-corrected chi connectivity index (χ3v) is 4.14. The molecule has 1 fully saturated rings. The maximum Gasteiger partial charge on any atom is 0.274 e. The molecule has 1 aromatic heterocycles. The molecule has 0 aliphatic carbocycles. The van der Waals surface area contributed by atoms with Gasteiger partial charge in [0.2, 0.25) is 0 Å². The normalized spacial score (nSPS) is 20.6. The second kappa shape index (κ2) is 5.77. The fourth-order valence-corrected chi connectivity index (χ4v) is 2.78. The number of hydrogen-bond acceptors (Lipinski definition) is 4. The van der Waals surface area contributed by atoms with Crippen molar-refractivity contribution < 1.29 is 4.79 Å². The Morgan fingerprint density at radius 1 is 1.25 bits per heavy atom. The van der Waals surface area contributed by atoms with Crippen LogP contribution in [-0.2, 0) is 0 Å². The zero-order chi connectivity index (χ0) is 14.8. The van der Waals surface area contributed by atoms with Gasteiger partial charge in [0.15, 0.2) is 5.69 Å². The summed E-state index contributed by atoms with van der Waals surface area (Å²) < 4.78 is 0. The highest BCUT2D eigenvalue weighted by molar-refractivity contribution is 5.92. The lowest BCUT2D eigenvalue weighted by molar-refractivity contribution is 0.0748. The smallest absolute Gasteiger partial charge is 0.274 e. The first kappa shape index (κ1) is 14.8. The minimum atomic E-state index is -0.0351. The molecule has 0 bridgehead atoms. The van der Waals surface area contributed by atoms with Gasteiger partial charge in [0, 0.05) is 13.1 Å². The number of nitrogens with two attached hydrogens (primary N) is 1. The predicted octanol–water partition coefficient (Wildman–Crippen LogP) is 2.35. The average Bonchev–Trinajstić information content (AvgIpc) is 2.64. The van der Waals surface area contributed by atoms with Crippen LogP contribution in [0.25, 0.3) is 0 Å². The van der Waals surface area contributed by atoms with Crippen molar-refractivity contribution in [3.05, 3.63) is 17.8 Å². The van der Waals surface area contributed by atoms with Gasteiger partial charge in [0.05, 0.1) is 0 Å². The van der Waals surface area contributed by atoms with Crippen LogP contribution in [0.15, 0.2) is 12.1 Å². The van der Waals surface area contributed by atoms with Crippen molar-refractivity contribution in [3.63, 3.8) is 0 Å². The van der Waals surface area contributed by atoms with E-state index in [1.807, 2.05) is 4.90 Å². The van der Waals surface area contributed by atoms with E-state index in [1.165, 1.54) is 6.42 Å². The van der Waals surface area contributed by atoms with Crippen LogP contribution in [-0.4, -0.2) is 34.1 Å². The number of amides is 1. The van der Waals surface area contributed by atoms with Crippen LogP contribution in [0.4, 0.5) is 5.82 Å². The van der Waals surface area contributed by atoms with Gasteiger partial charge in [-0.15, -0.1) is 10.2 Å². The first-order chi connectivity index (χ1) is 9.38. The number of carbonyl (C=O) groups excluding carboxylic acids is 1. The van der Waals surface area contributed by atoms with Crippen molar-refractivity contribution in [1.29, 1.82) is 0 Å². The van der Waals surface area contributed by atoms with Gasteiger partial charge in [0.1, 0.15) is 5.82 Å². The Morgan fingerprint density at radius 2 is 2.00 bits per heavy atom. The topological polar surface area (TPSA) is 72.1 Å². The Kier molecular flexibility index (Phi) is 4.26. The number of likely N-dealkylation sites (tertiary alicyclic amines) is 1. The Balaban J connectivity index is 2.03. The molecule has 0 saturated carbocycles. The fourth-order valence-electron chi connectivity index (χ4n) is 2.78. The van der Waals surface area contributed by atoms with Crippen molar-refractivity contribution in [2.75, 3.05) is 18.8 Å². The molecule has 20 heavy (non-hydrogen) atoms. The molecule has 5 nitrogen and oxygen atoms in total. The summed E-state index contributed by atoms with van der Waals surface area (Å²) in [6.07, 6.45) is 3.29. The lowest BCUT2D eigenvalue weighted by Gasteiger charge is -2.29. The number of rotatable bonds is 1. The van der Waals surface area contributed by atoms with Gasteiger partial charge >= 0.3 is 0 Å². The lowest BCUT2D eigenvalue weighted by Crippen LogP contribution is -2.33. The molecular weight excluding hydrogens is 252 g/mol. The van der Waals surface area contributed by atoms with Gasteiger partial charge in [-0.25, -0.2) is 0 Å². The molecule has 2 rings (SSSR count). The highest BCUT2D eigenvalue weighted by Gasteiger charge is 2.29. The molecule has 2 N–H and O–H groups in total. The number of nitrogen functional groups attached to an aromatic ring is 1. The number of anilines is 1. The van der Waals surface area contributed by atoms with E-state index in [1.54, 1.807) is 12.1 Å². The van der Waals surface area contributed by atoms with Crippen molar-refractivity contribution in [3.8, 4) is 0 Å². The second-order valence-electron chi connectivity index (χ2n) is 6.63. The lowest BCUT2D eigenvalue weighted by atomic mass is 9.77. The van der Waals surface area contributed by atoms with E-state index < -0.39 is 0 Å². The van der Waals surface area contributed by atoms with Crippen molar-refractivity contribution >= 4 is 11.7 Å². The highest BCUT2D eigenvalue weighted by Crippen LogP contribution is 2.34. The summed E-state index contributed by atoms with van der Waals surface area (Å²) in [5.41, 5.74) is 6.19. The second-order valence-corrected chi connectivity index (χ2v) is 6.63. The first-order valence-corrected chi connectivity index (χ1v) is 7.26. The molecule has 0 radical (unpaired) electrons. The van der Waals surface area contributed by atoms with Crippen LogP contribution in [0.1, 0.15) is 50.5 Å². The number of hydrogen-bond donors (Lipinski definition) is 1. The first-order valence-electron chi connectivity index (χ1n) is 7.26. The third-order valence-electron chi connectivity index (χ3n) is 4.14. The summed E-state index contributed by atoms with van der Waals surface area (Å²) in [6, 6.07) is 3.27. The Hall–Kier alpha value is -1.65. The van der Waals surface area contributed by atoms with Crippen molar-refractivity contribution in [2.24, 2.45) is 11.3 Å². The summed E-state index contributed by atoms with van der Waals surface area (Å²) in [4.78, 5) is 14.3. The molecule has 0 spiro atoms. The van der Waals surface area contributed by atoms with Gasteiger partial charge in [-0.2, -0.15) is 0 Å². The Labute approximate surface area is 120 Å². The van der Waals surface area contributed by atoms with E-state index in [0.29, 0.717) is 22.8 Å². The van der Waals surface area contributed by atoms with E-state index in [4.69, 9.17) is 5.73 Å². The molecule has 1 saturated heterocycles. The number of nitrogens with zero attached hydrogens (tertiary/aromatic N) is 3. The predicted molar refractivity (Wildman–Crippen MR) is 79.1 cm³/mol. The van der Waals surface area contributed by atoms with Crippen LogP contribution in [0.3, 0.4) is 0 Å². The molecule has 1 atom stereocenters. The molecule has 1 aliphatic rings. The minimum Gasteiger partial charge on any atom is -0.382 e. The quantitative estimate of drug-likeness (QED) is 0.854. The van der Waals surface area contributed by atoms with Gasteiger partial charge < -0.3 is 10.6 Å². The van der Waals surface area contributed by atoms with Crippen molar-refractivity contribution in [1.82, 2.24) is 15.1 Å². The molecular formula is C15H24N4O. The fraction of sp³-hybridized carbons (Fsp3) is 0.667. The SMILES string of the molecule is CC(C)(C)C1CCCN(C(=O)c2ccc(N)nn2)CC1. The Bertz CT molecular complexity index is 464. The standard InChI is InChI=1S/C15H24N4O/c1-15(2,3)11-5-4-9-19(10-8-11)14(20)12-6-7-13(16)18-17-12/h6-7,11H,4-5,8-10H2,1-3H3,(H2,16,18). The molecule has 1 aliphatic heterocycles. The van der Waals surface area contributed by atoms with Crippen LogP contribution >= 0.6 is 0 Å². The molecule has 1 amide bonds. The van der Waals surface area contributed by atoms with Crippen LogP contribution in [0, 0.1) is 11.3 Å². The zero-order valence-electron chi connectivity index (χ0n) is 12.6. The van der Waals surface area contributed by atoms with Crippen LogP contribution in [0.5, 0.6) is 0 Å². The largest absolute Gasteiger partial charge is 0.382 e. The third kappa shape index (κ3) is 3.46. The van der Waals surface area contributed by atoms with Crippen LogP contribution in [0.2, 0.25) is 0 Å². The highest BCUT2D eigenvalue weighted by atomic mass is 16.2. The molecule has 1 unspecified atom stereocenters. The van der Waals surface area contributed by atoms with Gasteiger partial charge in [-0.3, -0.25) is 4.79 Å². The van der Waals surface area contributed by atoms with Crippen LogP contribution < -0.4 is 5.73 Å². The summed E-state index contributed by atoms with van der Waals surface area (Å²) in [7, 11) is 0. The van der Waals surface area contributed by atoms with E-state index in [2.05, 4.69) is 31.0 Å². The molecule has 2 heterocycles. The van der Waals surface area contributed by atoms with Gasteiger partial charge in [-0.1, -0.05) is 20.8 Å². The van der Waals surface area contributed by atoms with Gasteiger partial charge in [0.25, 0.3) is 5.91 Å². The van der Waals surface area contributed by atoms with E-state index in [0.717, 1.165) is 25.9 Å². The maximum atomic E-state index is 12.4. The number of carbonyl (C=O) groups is 1. The molecule has 1 aromatic rings. The summed E-state index contributed by atoms with van der Waals surface area (Å²) >= 11 is 0. The molecule has 110 valence electrons. The maximum absolute atomic E-state index is 12.4. The number of aromatic nitrogens is 2. The van der Waals surface area contributed by atoms with Gasteiger partial charge in [-0.05, 0) is 42.7 Å². The zero-order valence-corrected chi connectivity index (χ0v) is 12.6. The Morgan fingerprint density at radius 3 is 2.60 bits per heavy atom. The van der Waals surface area contributed by atoms with Crippen molar-refractivity contribution in [2.45, 2.75) is 40.0 Å². The summed E-state index contributed by atoms with van der Waals surface area (Å²) in [6.45, 7) is 8.44. The van der Waals surface area contributed by atoms with E-state index in [-0.39, 0.29) is 5.91 Å². The monoisotopic (exact) mass is 276 g/mol. The van der Waals surface area contributed by atoms with E-state index in [9.17, 15) is 4.79 Å². The molecule has 5 heteroatoms. The van der Waals surface area contributed by atoms with E-state index >= 15 is 0 Å².